The molecule has 0 amide bonds. The minimum absolute atomic E-state index is 0.0859. The van der Waals surface area contributed by atoms with E-state index in [0.717, 1.165) is 0 Å². The smallest absolute Gasteiger partial charge is 0.244 e. The summed E-state index contributed by atoms with van der Waals surface area (Å²) >= 11 is 0. The first-order valence-corrected chi connectivity index (χ1v) is 3.69. The second-order valence-electron chi connectivity index (χ2n) is 2.62. The Bertz CT molecular complexity index is 285. The lowest BCUT2D eigenvalue weighted by atomic mass is 10.4. The van der Waals surface area contributed by atoms with Crippen molar-refractivity contribution in [3.8, 4) is 0 Å². The third-order valence-corrected chi connectivity index (χ3v) is 1.45. The molecule has 0 aliphatic rings. The number of aromatic nitrogens is 4. The van der Waals surface area contributed by atoms with Gasteiger partial charge in [-0.15, -0.1) is 0 Å². The van der Waals surface area contributed by atoms with Crippen LogP contribution < -0.4 is 5.69 Å². The fraction of sp³-hybridized carbons (Fsp3) is 0.833. The molecule has 1 aromatic heterocycles. The van der Waals surface area contributed by atoms with E-state index in [9.17, 15) is 4.79 Å². The van der Waals surface area contributed by atoms with Crippen LogP contribution in [0.1, 0.15) is 26.8 Å². The summed E-state index contributed by atoms with van der Waals surface area (Å²) < 4.78 is 2.70. The molecule has 0 bridgehead atoms. The van der Waals surface area contributed by atoms with Crippen LogP contribution in [0.5, 0.6) is 0 Å². The highest BCUT2D eigenvalue weighted by Gasteiger charge is 2.06. The molecule has 0 saturated carbocycles. The van der Waals surface area contributed by atoms with Gasteiger partial charge in [0.1, 0.15) is 0 Å². The third kappa shape index (κ3) is 1.31. The maximum atomic E-state index is 11.2. The van der Waals surface area contributed by atoms with Gasteiger partial charge in [0.05, 0.1) is 6.04 Å². The van der Waals surface area contributed by atoms with Crippen LogP contribution in [0.4, 0.5) is 0 Å². The van der Waals surface area contributed by atoms with Crippen LogP contribution >= 0.6 is 0 Å². The Hall–Kier alpha value is -1.13. The van der Waals surface area contributed by atoms with Gasteiger partial charge < -0.3 is 0 Å². The van der Waals surface area contributed by atoms with Crippen LogP contribution in [0.15, 0.2) is 4.79 Å². The summed E-state index contributed by atoms with van der Waals surface area (Å²) in [7, 11) is 0. The Morgan fingerprint density at radius 3 is 2.36 bits per heavy atom. The summed E-state index contributed by atoms with van der Waals surface area (Å²) in [4.78, 5) is 11.2. The van der Waals surface area contributed by atoms with Gasteiger partial charge in [0.25, 0.3) is 0 Å². The molecule has 1 rings (SSSR count). The number of tetrazole rings is 1. The summed E-state index contributed by atoms with van der Waals surface area (Å²) in [6.07, 6.45) is 0. The van der Waals surface area contributed by atoms with Gasteiger partial charge in [0, 0.05) is 6.54 Å². The zero-order valence-electron chi connectivity index (χ0n) is 6.98. The summed E-state index contributed by atoms with van der Waals surface area (Å²) in [5, 5.41) is 7.38. The highest BCUT2D eigenvalue weighted by Crippen LogP contribution is 1.93. The van der Waals surface area contributed by atoms with E-state index in [1.54, 1.807) is 0 Å². The van der Waals surface area contributed by atoms with Crippen LogP contribution in [0, 0.1) is 0 Å². The predicted molar refractivity (Wildman–Crippen MR) is 40.3 cm³/mol. The average molecular weight is 156 g/mol. The average Bonchev–Trinajstić information content (AvgIpc) is 2.30. The fourth-order valence-electron chi connectivity index (χ4n) is 0.809. The van der Waals surface area contributed by atoms with Gasteiger partial charge in [-0.05, 0) is 31.2 Å². The highest BCUT2D eigenvalue weighted by molar-refractivity contribution is 4.61. The van der Waals surface area contributed by atoms with E-state index in [1.807, 2.05) is 20.8 Å². The molecule has 11 heavy (non-hydrogen) atoms. The molecule has 0 aromatic carbocycles. The van der Waals surface area contributed by atoms with Crippen molar-refractivity contribution in [2.24, 2.45) is 0 Å². The Kier molecular flexibility index (Phi) is 2.07. The van der Waals surface area contributed by atoms with Gasteiger partial charge in [-0.25, -0.2) is 4.79 Å². The normalized spacial score (nSPS) is 10.9. The monoisotopic (exact) mass is 156 g/mol. The summed E-state index contributed by atoms with van der Waals surface area (Å²) in [6.45, 7) is 6.23. The maximum Gasteiger partial charge on any atom is 0.363 e. The minimum atomic E-state index is -0.137. The number of nitrogens with zero attached hydrogens (tertiary/aromatic N) is 4. The zero-order chi connectivity index (χ0) is 8.43. The molecule has 5 heteroatoms. The Balaban J connectivity index is 3.11. The highest BCUT2D eigenvalue weighted by atomic mass is 16.2. The van der Waals surface area contributed by atoms with E-state index in [4.69, 9.17) is 0 Å². The van der Waals surface area contributed by atoms with Crippen LogP contribution in [0.3, 0.4) is 0 Å². The molecule has 0 atom stereocenters. The van der Waals surface area contributed by atoms with Crippen molar-refractivity contribution in [2.45, 2.75) is 33.4 Å². The van der Waals surface area contributed by atoms with Crippen molar-refractivity contribution in [1.29, 1.82) is 0 Å². The summed E-state index contributed by atoms with van der Waals surface area (Å²) in [5.74, 6) is 0. The van der Waals surface area contributed by atoms with Gasteiger partial charge in [-0.1, -0.05) is 0 Å². The van der Waals surface area contributed by atoms with Crippen LogP contribution in [-0.4, -0.2) is 19.8 Å². The fourth-order valence-corrected chi connectivity index (χ4v) is 0.809. The van der Waals surface area contributed by atoms with E-state index in [1.165, 1.54) is 9.36 Å². The van der Waals surface area contributed by atoms with Crippen molar-refractivity contribution < 1.29 is 0 Å². The molecule has 0 N–H and O–H groups in total. The topological polar surface area (TPSA) is 52.7 Å². The molecule has 0 aliphatic heterocycles. The van der Waals surface area contributed by atoms with Crippen LogP contribution in [0.2, 0.25) is 0 Å². The van der Waals surface area contributed by atoms with E-state index < -0.39 is 0 Å². The molecule has 0 saturated heterocycles. The predicted octanol–water partition coefficient (Wildman–Crippen LogP) is 0.0406. The van der Waals surface area contributed by atoms with Crippen molar-refractivity contribution in [1.82, 2.24) is 19.8 Å². The minimum Gasteiger partial charge on any atom is -0.244 e. The molecular formula is C6H12N4O. The molecule has 0 spiro atoms. The van der Waals surface area contributed by atoms with Crippen molar-refractivity contribution in [3.63, 3.8) is 0 Å². The molecule has 1 aromatic rings. The van der Waals surface area contributed by atoms with Crippen LogP contribution in [-0.2, 0) is 6.54 Å². The third-order valence-electron chi connectivity index (χ3n) is 1.45. The molecule has 1 heterocycles. The molecule has 0 unspecified atom stereocenters. The zero-order valence-corrected chi connectivity index (χ0v) is 6.98. The lowest BCUT2D eigenvalue weighted by Gasteiger charge is -1.98. The lowest BCUT2D eigenvalue weighted by molar-refractivity contribution is 0.499. The van der Waals surface area contributed by atoms with Gasteiger partial charge in [-0.2, -0.15) is 9.36 Å². The van der Waals surface area contributed by atoms with Crippen molar-refractivity contribution in [2.75, 3.05) is 0 Å². The van der Waals surface area contributed by atoms with Gasteiger partial charge in [0.15, 0.2) is 0 Å². The molecule has 0 fully saturated rings. The Morgan fingerprint density at radius 2 is 2.09 bits per heavy atom. The first-order chi connectivity index (χ1) is 5.16. The second-order valence-corrected chi connectivity index (χ2v) is 2.62. The van der Waals surface area contributed by atoms with Crippen LogP contribution in [0.25, 0.3) is 0 Å². The second kappa shape index (κ2) is 2.86. The summed E-state index contributed by atoms with van der Waals surface area (Å²) in [5.41, 5.74) is -0.137. The van der Waals surface area contributed by atoms with Crippen molar-refractivity contribution >= 4 is 0 Å². The quantitative estimate of drug-likeness (QED) is 0.607. The molecule has 0 aliphatic carbocycles. The standard InChI is InChI=1S/C6H12N4O/c1-4-9-6(11)10(5(2)3)8-7-9/h5H,4H2,1-3H3. The number of aryl methyl sites for hydroxylation is 1. The largest absolute Gasteiger partial charge is 0.363 e. The van der Waals surface area contributed by atoms with E-state index in [-0.39, 0.29) is 11.7 Å². The first kappa shape index (κ1) is 7.97. The molecule has 62 valence electrons. The first-order valence-electron chi connectivity index (χ1n) is 3.69. The molecular weight excluding hydrogens is 144 g/mol. The van der Waals surface area contributed by atoms with E-state index in [2.05, 4.69) is 10.4 Å². The van der Waals surface area contributed by atoms with E-state index in [0.29, 0.717) is 6.54 Å². The lowest BCUT2D eigenvalue weighted by Crippen LogP contribution is -2.25. The van der Waals surface area contributed by atoms with Gasteiger partial charge >= 0.3 is 5.69 Å². The SMILES string of the molecule is CCn1nnn(C(C)C)c1=O. The number of rotatable bonds is 2. The Morgan fingerprint density at radius 1 is 1.45 bits per heavy atom. The molecule has 5 nitrogen and oxygen atoms in total. The van der Waals surface area contributed by atoms with Gasteiger partial charge in [-0.3, -0.25) is 0 Å². The van der Waals surface area contributed by atoms with Gasteiger partial charge in [0.2, 0.25) is 0 Å². The van der Waals surface area contributed by atoms with E-state index >= 15 is 0 Å². The molecule has 0 radical (unpaired) electrons. The maximum absolute atomic E-state index is 11.2. The number of hydrogen-bond acceptors (Lipinski definition) is 3. The van der Waals surface area contributed by atoms with Crippen molar-refractivity contribution in [3.05, 3.63) is 10.5 Å². The number of hydrogen-bond donors (Lipinski definition) is 0. The summed E-state index contributed by atoms with van der Waals surface area (Å²) in [6, 6.07) is 0.0859. The Labute approximate surface area is 64.6 Å².